The van der Waals surface area contributed by atoms with E-state index in [2.05, 4.69) is 25.7 Å². The molecule has 0 aliphatic carbocycles. The van der Waals surface area contributed by atoms with Crippen molar-refractivity contribution in [2.45, 2.75) is 51.6 Å². The average Bonchev–Trinajstić information content (AvgIpc) is 2.78. The quantitative estimate of drug-likeness (QED) is 0.708. The predicted octanol–water partition coefficient (Wildman–Crippen LogP) is 3.14. The molecule has 0 unspecified atom stereocenters. The summed E-state index contributed by atoms with van der Waals surface area (Å²) < 4.78 is 27.3. The molecule has 120 valence electrons. The second-order valence-electron chi connectivity index (χ2n) is 5.36. The molecular weight excluding hydrogens is 304 g/mol. The maximum atomic E-state index is 12.9. The molecule has 0 saturated carbocycles. The van der Waals surface area contributed by atoms with E-state index in [9.17, 15) is 8.42 Å². The molecule has 0 atom stereocenters. The molecule has 0 aliphatic rings. The van der Waals surface area contributed by atoms with Crippen molar-refractivity contribution in [3.05, 3.63) is 28.5 Å². The van der Waals surface area contributed by atoms with Crippen LogP contribution >= 0.6 is 11.3 Å². The van der Waals surface area contributed by atoms with Gasteiger partial charge in [0.15, 0.2) is 0 Å². The number of nitrogens with zero attached hydrogens (tertiary/aromatic N) is 1. The van der Waals surface area contributed by atoms with Gasteiger partial charge in [0.05, 0.1) is 0 Å². The van der Waals surface area contributed by atoms with Crippen LogP contribution in [0, 0.1) is 6.92 Å². The van der Waals surface area contributed by atoms with Crippen molar-refractivity contribution in [3.63, 3.8) is 0 Å². The van der Waals surface area contributed by atoms with Crippen molar-refractivity contribution in [2.75, 3.05) is 13.1 Å². The lowest BCUT2D eigenvalue weighted by Crippen LogP contribution is -2.33. The number of hydrogen-bond donors (Lipinski definition) is 1. The SMILES string of the molecule is C=CCN(CCC)S(=O)(=O)c1c(C)csc1CNC(C)C. The summed E-state index contributed by atoms with van der Waals surface area (Å²) in [4.78, 5) is 1.35. The van der Waals surface area contributed by atoms with Crippen LogP contribution in [0.25, 0.3) is 0 Å². The van der Waals surface area contributed by atoms with Gasteiger partial charge in [-0.2, -0.15) is 4.31 Å². The van der Waals surface area contributed by atoms with E-state index in [1.54, 1.807) is 6.08 Å². The Balaban J connectivity index is 3.16. The van der Waals surface area contributed by atoms with Crippen LogP contribution in [0.5, 0.6) is 0 Å². The zero-order valence-corrected chi connectivity index (χ0v) is 15.0. The molecule has 0 bridgehead atoms. The van der Waals surface area contributed by atoms with Gasteiger partial charge in [-0.1, -0.05) is 26.8 Å². The molecule has 1 heterocycles. The molecule has 6 heteroatoms. The van der Waals surface area contributed by atoms with Gasteiger partial charge >= 0.3 is 0 Å². The number of nitrogens with one attached hydrogen (secondary N) is 1. The van der Waals surface area contributed by atoms with Gasteiger partial charge in [0.25, 0.3) is 0 Å². The fourth-order valence-electron chi connectivity index (χ4n) is 2.08. The monoisotopic (exact) mass is 330 g/mol. The molecule has 1 rings (SSSR count). The summed E-state index contributed by atoms with van der Waals surface area (Å²) >= 11 is 1.50. The highest BCUT2D eigenvalue weighted by Gasteiger charge is 2.28. The molecule has 1 aromatic heterocycles. The number of aryl methyl sites for hydroxylation is 1. The molecular formula is C15H26N2O2S2. The lowest BCUT2D eigenvalue weighted by atomic mass is 10.3. The average molecular weight is 331 g/mol. The Hall–Kier alpha value is -0.690. The number of hydrogen-bond acceptors (Lipinski definition) is 4. The summed E-state index contributed by atoms with van der Waals surface area (Å²) in [6.07, 6.45) is 2.43. The minimum absolute atomic E-state index is 0.322. The highest BCUT2D eigenvalue weighted by atomic mass is 32.2. The van der Waals surface area contributed by atoms with Crippen LogP contribution in [0.4, 0.5) is 0 Å². The Kier molecular flexibility index (Phi) is 7.06. The van der Waals surface area contributed by atoms with Crippen molar-refractivity contribution in [1.82, 2.24) is 9.62 Å². The third-order valence-corrected chi connectivity index (χ3v) is 6.39. The third-order valence-electron chi connectivity index (χ3n) is 3.06. The van der Waals surface area contributed by atoms with Gasteiger partial charge in [-0.05, 0) is 24.3 Å². The minimum atomic E-state index is -3.46. The van der Waals surface area contributed by atoms with Crippen LogP contribution < -0.4 is 5.32 Å². The Morgan fingerprint density at radius 1 is 1.48 bits per heavy atom. The molecule has 0 fully saturated rings. The normalized spacial score (nSPS) is 12.3. The highest BCUT2D eigenvalue weighted by molar-refractivity contribution is 7.89. The summed E-state index contributed by atoms with van der Waals surface area (Å²) in [7, 11) is -3.46. The van der Waals surface area contributed by atoms with Gasteiger partial charge in [0.1, 0.15) is 4.90 Å². The Labute approximate surface area is 132 Å². The number of rotatable bonds is 9. The van der Waals surface area contributed by atoms with E-state index in [1.807, 2.05) is 19.2 Å². The van der Waals surface area contributed by atoms with E-state index >= 15 is 0 Å². The lowest BCUT2D eigenvalue weighted by Gasteiger charge is -2.21. The molecule has 0 amide bonds. The van der Waals surface area contributed by atoms with E-state index in [1.165, 1.54) is 15.6 Å². The first kappa shape index (κ1) is 18.4. The summed E-state index contributed by atoms with van der Waals surface area (Å²) in [6, 6.07) is 0.322. The van der Waals surface area contributed by atoms with Crippen molar-refractivity contribution in [1.29, 1.82) is 0 Å². The first-order chi connectivity index (χ1) is 9.84. The summed E-state index contributed by atoms with van der Waals surface area (Å²) in [5.41, 5.74) is 0.825. The predicted molar refractivity (Wildman–Crippen MR) is 90.3 cm³/mol. The van der Waals surface area contributed by atoms with Gasteiger partial charge in [-0.3, -0.25) is 0 Å². The zero-order chi connectivity index (χ0) is 16.0. The Morgan fingerprint density at radius 3 is 2.67 bits per heavy atom. The number of thiophene rings is 1. The molecule has 0 spiro atoms. The summed E-state index contributed by atoms with van der Waals surface area (Å²) in [5, 5.41) is 5.22. The van der Waals surface area contributed by atoms with Crippen LogP contribution in [0.1, 0.15) is 37.6 Å². The number of sulfonamides is 1. The van der Waals surface area contributed by atoms with Gasteiger partial charge in [-0.25, -0.2) is 8.42 Å². The molecule has 0 aliphatic heterocycles. The van der Waals surface area contributed by atoms with Crippen LogP contribution in [0.2, 0.25) is 0 Å². The highest BCUT2D eigenvalue weighted by Crippen LogP contribution is 2.29. The summed E-state index contributed by atoms with van der Waals surface area (Å²) in [6.45, 7) is 13.1. The smallest absolute Gasteiger partial charge is 0.244 e. The first-order valence-corrected chi connectivity index (χ1v) is 9.57. The van der Waals surface area contributed by atoms with Gasteiger partial charge in [-0.15, -0.1) is 17.9 Å². The van der Waals surface area contributed by atoms with Crippen molar-refractivity contribution < 1.29 is 8.42 Å². The first-order valence-electron chi connectivity index (χ1n) is 7.26. The van der Waals surface area contributed by atoms with Gasteiger partial charge in [0, 0.05) is 30.6 Å². The molecule has 1 N–H and O–H groups in total. The molecule has 0 saturated heterocycles. The van der Waals surface area contributed by atoms with E-state index in [-0.39, 0.29) is 0 Å². The maximum Gasteiger partial charge on any atom is 0.244 e. The lowest BCUT2D eigenvalue weighted by molar-refractivity contribution is 0.440. The van der Waals surface area contributed by atoms with E-state index in [0.29, 0.717) is 30.6 Å². The fourth-order valence-corrected chi connectivity index (χ4v) is 5.30. The van der Waals surface area contributed by atoms with Crippen molar-refractivity contribution >= 4 is 21.4 Å². The van der Waals surface area contributed by atoms with Crippen LogP contribution in [-0.2, 0) is 16.6 Å². The second kappa shape index (κ2) is 8.08. The topological polar surface area (TPSA) is 49.4 Å². The van der Waals surface area contributed by atoms with Crippen LogP contribution in [0.15, 0.2) is 22.9 Å². The Bertz CT molecular complexity index is 562. The third kappa shape index (κ3) is 4.64. The fraction of sp³-hybridized carbons (Fsp3) is 0.600. The van der Waals surface area contributed by atoms with Crippen LogP contribution in [-0.4, -0.2) is 31.9 Å². The zero-order valence-electron chi connectivity index (χ0n) is 13.3. The van der Waals surface area contributed by atoms with E-state index in [0.717, 1.165) is 16.9 Å². The molecule has 1 aromatic rings. The molecule has 4 nitrogen and oxygen atoms in total. The van der Waals surface area contributed by atoms with E-state index in [4.69, 9.17) is 0 Å². The molecule has 21 heavy (non-hydrogen) atoms. The van der Waals surface area contributed by atoms with E-state index < -0.39 is 10.0 Å². The van der Waals surface area contributed by atoms with Crippen LogP contribution in [0.3, 0.4) is 0 Å². The standard InChI is InChI=1S/C15H26N2O2S2/c1-6-8-17(9-7-2)21(18,19)15-13(5)11-20-14(15)10-16-12(3)4/h6,11-12,16H,1,7-10H2,2-5H3. The molecule has 0 radical (unpaired) electrons. The van der Waals surface area contributed by atoms with Crippen molar-refractivity contribution in [3.8, 4) is 0 Å². The summed E-state index contributed by atoms with van der Waals surface area (Å²) in [5.74, 6) is 0. The van der Waals surface area contributed by atoms with Crippen molar-refractivity contribution in [2.24, 2.45) is 0 Å². The second-order valence-corrected chi connectivity index (χ2v) is 8.20. The Morgan fingerprint density at radius 2 is 2.14 bits per heavy atom. The van der Waals surface area contributed by atoms with Gasteiger partial charge < -0.3 is 5.32 Å². The molecule has 0 aromatic carbocycles. The largest absolute Gasteiger partial charge is 0.310 e. The van der Waals surface area contributed by atoms with Gasteiger partial charge in [0.2, 0.25) is 10.0 Å². The minimum Gasteiger partial charge on any atom is -0.310 e. The maximum absolute atomic E-state index is 12.9.